The molecule has 0 saturated carbocycles. The maximum atomic E-state index is 13.4. The number of amides is 1. The Morgan fingerprint density at radius 3 is 2.52 bits per heavy atom. The third-order valence-corrected chi connectivity index (χ3v) is 2.56. The Kier molecular flexibility index (Phi) is 6.44. The highest BCUT2D eigenvalue weighted by molar-refractivity contribution is 5.80. The molecule has 6 nitrogen and oxygen atoms in total. The van der Waals surface area contributed by atoms with E-state index in [-0.39, 0.29) is 12.2 Å². The first kappa shape index (κ1) is 18.8. The van der Waals surface area contributed by atoms with Crippen molar-refractivity contribution in [1.82, 2.24) is 5.32 Å². The van der Waals surface area contributed by atoms with Gasteiger partial charge in [0.2, 0.25) is 0 Å². The van der Waals surface area contributed by atoms with Crippen LogP contribution in [0, 0.1) is 11.6 Å². The molecule has 0 aliphatic heterocycles. The number of hydrogen-bond acceptors (Lipinski definition) is 4. The SMILES string of the molecule is CC(C)(C)OC(=O)N[C@H](COCc1cccc(F)c1F)C(=O)O. The molecule has 1 aromatic carbocycles. The highest BCUT2D eigenvalue weighted by Gasteiger charge is 2.24. The number of benzene rings is 1. The van der Waals surface area contributed by atoms with Crippen LogP contribution in [0.25, 0.3) is 0 Å². The molecule has 0 heterocycles. The predicted octanol–water partition coefficient (Wildman–Crippen LogP) is 2.46. The number of aliphatic carboxylic acids is 1. The maximum Gasteiger partial charge on any atom is 0.408 e. The lowest BCUT2D eigenvalue weighted by Gasteiger charge is -2.22. The number of hydrogen-bond donors (Lipinski definition) is 2. The van der Waals surface area contributed by atoms with E-state index in [1.54, 1.807) is 20.8 Å². The number of carboxylic acid groups (broad SMARTS) is 1. The average molecular weight is 331 g/mol. The second-order valence-electron chi connectivity index (χ2n) is 5.77. The smallest absolute Gasteiger partial charge is 0.408 e. The van der Waals surface area contributed by atoms with E-state index < -0.39 is 41.9 Å². The standard InChI is InChI=1S/C15H19F2NO5/c1-15(2,3)23-14(21)18-11(13(19)20)8-22-7-9-5-4-6-10(16)12(9)17/h4-6,11H,7-8H2,1-3H3,(H,18,21)(H,19,20)/t11-/m1/s1. The lowest BCUT2D eigenvalue weighted by atomic mass is 10.2. The van der Waals surface area contributed by atoms with Crippen LogP contribution in [0.2, 0.25) is 0 Å². The Morgan fingerprint density at radius 2 is 1.96 bits per heavy atom. The van der Waals surface area contributed by atoms with Crippen LogP contribution in [0.5, 0.6) is 0 Å². The molecule has 0 aliphatic carbocycles. The fourth-order valence-corrected chi connectivity index (χ4v) is 1.57. The lowest BCUT2D eigenvalue weighted by molar-refractivity contribution is -0.141. The van der Waals surface area contributed by atoms with Crippen LogP contribution in [0.15, 0.2) is 18.2 Å². The summed E-state index contributed by atoms with van der Waals surface area (Å²) in [5.74, 6) is -3.41. The normalized spacial score (nSPS) is 12.6. The van der Waals surface area contributed by atoms with Crippen molar-refractivity contribution >= 4 is 12.1 Å². The number of carbonyl (C=O) groups excluding carboxylic acids is 1. The molecule has 1 atom stereocenters. The van der Waals surface area contributed by atoms with Crippen molar-refractivity contribution in [2.45, 2.75) is 39.0 Å². The number of nitrogens with one attached hydrogen (secondary N) is 1. The largest absolute Gasteiger partial charge is 0.480 e. The summed E-state index contributed by atoms with van der Waals surface area (Å²) in [5.41, 5.74) is -0.829. The predicted molar refractivity (Wildman–Crippen MR) is 76.8 cm³/mol. The van der Waals surface area contributed by atoms with Crippen LogP contribution in [-0.2, 0) is 20.9 Å². The zero-order chi connectivity index (χ0) is 17.6. The van der Waals surface area contributed by atoms with Crippen LogP contribution < -0.4 is 5.32 Å². The van der Waals surface area contributed by atoms with Crippen LogP contribution in [0.4, 0.5) is 13.6 Å². The number of halogens is 2. The molecule has 1 amide bonds. The molecule has 0 unspecified atom stereocenters. The second-order valence-corrected chi connectivity index (χ2v) is 5.77. The summed E-state index contributed by atoms with van der Waals surface area (Å²) in [6, 6.07) is 2.21. The molecule has 0 aliphatic rings. The third kappa shape index (κ3) is 6.60. The third-order valence-electron chi connectivity index (χ3n) is 2.56. The summed E-state index contributed by atoms with van der Waals surface area (Å²) in [6.45, 7) is 4.14. The molecule has 2 N–H and O–H groups in total. The Labute approximate surface area is 132 Å². The van der Waals surface area contributed by atoms with Crippen molar-refractivity contribution in [3.8, 4) is 0 Å². The molecular formula is C15H19F2NO5. The summed E-state index contributed by atoms with van der Waals surface area (Å²) in [6.07, 6.45) is -0.912. The second kappa shape index (κ2) is 7.87. The van der Waals surface area contributed by atoms with Gasteiger partial charge in [-0.2, -0.15) is 0 Å². The number of ether oxygens (including phenoxy) is 2. The van der Waals surface area contributed by atoms with Gasteiger partial charge >= 0.3 is 12.1 Å². The fourth-order valence-electron chi connectivity index (χ4n) is 1.57. The van der Waals surface area contributed by atoms with Crippen molar-refractivity contribution in [3.05, 3.63) is 35.4 Å². The van der Waals surface area contributed by atoms with E-state index in [0.29, 0.717) is 0 Å². The quantitative estimate of drug-likeness (QED) is 0.836. The Hall–Kier alpha value is -2.22. The molecular weight excluding hydrogens is 312 g/mol. The van der Waals surface area contributed by atoms with Crippen LogP contribution >= 0.6 is 0 Å². The summed E-state index contributed by atoms with van der Waals surface area (Å²) in [7, 11) is 0. The first-order chi connectivity index (χ1) is 10.6. The zero-order valence-electron chi connectivity index (χ0n) is 13.1. The number of carboxylic acids is 1. The maximum absolute atomic E-state index is 13.4. The molecule has 1 aromatic rings. The molecule has 0 bridgehead atoms. The molecule has 0 fully saturated rings. The number of alkyl carbamates (subject to hydrolysis) is 1. The van der Waals surface area contributed by atoms with Crippen LogP contribution in [0.1, 0.15) is 26.3 Å². The van der Waals surface area contributed by atoms with Crippen LogP contribution in [0.3, 0.4) is 0 Å². The highest BCUT2D eigenvalue weighted by Crippen LogP contribution is 2.12. The molecule has 0 aromatic heterocycles. The van der Waals surface area contributed by atoms with Gasteiger partial charge in [-0.3, -0.25) is 0 Å². The van der Waals surface area contributed by atoms with Crippen molar-refractivity contribution in [3.63, 3.8) is 0 Å². The molecule has 23 heavy (non-hydrogen) atoms. The number of rotatable bonds is 6. The van der Waals surface area contributed by atoms with Gasteiger partial charge in [0.15, 0.2) is 17.7 Å². The van der Waals surface area contributed by atoms with E-state index >= 15 is 0 Å². The summed E-state index contributed by atoms with van der Waals surface area (Å²) < 4.78 is 36.4. The van der Waals surface area contributed by atoms with E-state index in [9.17, 15) is 18.4 Å². The van der Waals surface area contributed by atoms with E-state index in [1.165, 1.54) is 12.1 Å². The molecule has 0 radical (unpaired) electrons. The minimum atomic E-state index is -1.37. The molecule has 0 saturated heterocycles. The first-order valence-corrected chi connectivity index (χ1v) is 6.83. The van der Waals surface area contributed by atoms with Crippen molar-refractivity contribution < 1.29 is 33.0 Å². The molecule has 1 rings (SSSR count). The highest BCUT2D eigenvalue weighted by atomic mass is 19.2. The zero-order valence-corrected chi connectivity index (χ0v) is 13.1. The Morgan fingerprint density at radius 1 is 1.30 bits per heavy atom. The van der Waals surface area contributed by atoms with E-state index in [0.717, 1.165) is 6.07 Å². The van der Waals surface area contributed by atoms with Gasteiger partial charge in [-0.15, -0.1) is 0 Å². The molecule has 8 heteroatoms. The fraction of sp³-hybridized carbons (Fsp3) is 0.467. The van der Waals surface area contributed by atoms with Crippen molar-refractivity contribution in [2.24, 2.45) is 0 Å². The van der Waals surface area contributed by atoms with Crippen molar-refractivity contribution in [2.75, 3.05) is 6.61 Å². The van der Waals surface area contributed by atoms with Gasteiger partial charge in [-0.05, 0) is 26.8 Å². The van der Waals surface area contributed by atoms with Gasteiger partial charge in [0, 0.05) is 5.56 Å². The number of carbonyl (C=O) groups is 2. The molecule has 128 valence electrons. The summed E-state index contributed by atoms with van der Waals surface area (Å²) in [5, 5.41) is 11.2. The van der Waals surface area contributed by atoms with Crippen molar-refractivity contribution in [1.29, 1.82) is 0 Å². The van der Waals surface area contributed by atoms with Gasteiger partial charge in [-0.25, -0.2) is 18.4 Å². The Bertz CT molecular complexity index is 571. The topological polar surface area (TPSA) is 84.9 Å². The monoisotopic (exact) mass is 331 g/mol. The van der Waals surface area contributed by atoms with E-state index in [1.807, 2.05) is 0 Å². The van der Waals surface area contributed by atoms with Gasteiger partial charge in [0.05, 0.1) is 13.2 Å². The van der Waals surface area contributed by atoms with Crippen LogP contribution in [-0.4, -0.2) is 35.4 Å². The van der Waals surface area contributed by atoms with Gasteiger partial charge < -0.3 is 19.9 Å². The Balaban J connectivity index is 2.55. The minimum Gasteiger partial charge on any atom is -0.480 e. The first-order valence-electron chi connectivity index (χ1n) is 6.83. The summed E-state index contributed by atoms with van der Waals surface area (Å²) >= 11 is 0. The average Bonchev–Trinajstić information content (AvgIpc) is 2.40. The van der Waals surface area contributed by atoms with E-state index in [2.05, 4.69) is 5.32 Å². The van der Waals surface area contributed by atoms with Gasteiger partial charge in [-0.1, -0.05) is 12.1 Å². The molecule has 0 spiro atoms. The minimum absolute atomic E-state index is 0.0496. The van der Waals surface area contributed by atoms with E-state index in [4.69, 9.17) is 14.6 Å². The summed E-state index contributed by atoms with van der Waals surface area (Å²) in [4.78, 5) is 22.6. The van der Waals surface area contributed by atoms with Gasteiger partial charge in [0.1, 0.15) is 5.60 Å². The lowest BCUT2D eigenvalue weighted by Crippen LogP contribution is -2.46. The van der Waals surface area contributed by atoms with Gasteiger partial charge in [0.25, 0.3) is 0 Å².